The molecule has 1 aromatic heterocycles. The lowest BCUT2D eigenvalue weighted by atomic mass is 10.00. The Kier molecular flexibility index (Phi) is 7.85. The van der Waals surface area contributed by atoms with E-state index in [9.17, 15) is 4.79 Å². The third-order valence-electron chi connectivity index (χ3n) is 5.09. The fourth-order valence-corrected chi connectivity index (χ4v) is 3.74. The van der Waals surface area contributed by atoms with E-state index in [1.165, 1.54) is 0 Å². The Morgan fingerprint density at radius 3 is 2.69 bits per heavy atom. The van der Waals surface area contributed by atoms with E-state index in [1.54, 1.807) is 7.11 Å². The predicted octanol–water partition coefficient (Wildman–Crippen LogP) is 4.18. The van der Waals surface area contributed by atoms with E-state index >= 15 is 0 Å². The van der Waals surface area contributed by atoms with Gasteiger partial charge in [-0.25, -0.2) is 0 Å². The number of hydrogen-bond donors (Lipinski definition) is 1. The van der Waals surface area contributed by atoms with Crippen molar-refractivity contribution in [1.29, 1.82) is 0 Å². The van der Waals surface area contributed by atoms with E-state index in [1.807, 2.05) is 66.4 Å². The van der Waals surface area contributed by atoms with Crippen LogP contribution < -0.4 is 10.1 Å². The van der Waals surface area contributed by atoms with E-state index in [-0.39, 0.29) is 36.8 Å². The number of carbonyl (C=O) groups is 1. The SMILES string of the molecule is COc1ccccc1C1CNCCN1C(=O)c1cccc2ccc(C)nc12.Cl.Cl. The summed E-state index contributed by atoms with van der Waals surface area (Å²) in [4.78, 5) is 20.1. The van der Waals surface area contributed by atoms with Gasteiger partial charge in [0.1, 0.15) is 5.75 Å². The highest BCUT2D eigenvalue weighted by Gasteiger charge is 2.31. The van der Waals surface area contributed by atoms with Crippen LogP contribution in [0.25, 0.3) is 10.9 Å². The first-order chi connectivity index (χ1) is 13.2. The summed E-state index contributed by atoms with van der Waals surface area (Å²) in [7, 11) is 1.67. The van der Waals surface area contributed by atoms with E-state index < -0.39 is 0 Å². The topological polar surface area (TPSA) is 54.5 Å². The maximum absolute atomic E-state index is 13.5. The molecule has 0 aliphatic carbocycles. The Morgan fingerprint density at radius 2 is 1.90 bits per heavy atom. The van der Waals surface area contributed by atoms with Gasteiger partial charge in [0.25, 0.3) is 5.91 Å². The van der Waals surface area contributed by atoms with Crippen LogP contribution in [0.5, 0.6) is 5.75 Å². The van der Waals surface area contributed by atoms with Gasteiger partial charge in [-0.05, 0) is 25.1 Å². The maximum atomic E-state index is 13.5. The van der Waals surface area contributed by atoms with Crippen molar-refractivity contribution in [2.24, 2.45) is 0 Å². The molecule has 1 amide bonds. The van der Waals surface area contributed by atoms with Crippen molar-refractivity contribution in [2.75, 3.05) is 26.7 Å². The number of pyridine rings is 1. The van der Waals surface area contributed by atoms with E-state index in [2.05, 4.69) is 10.3 Å². The van der Waals surface area contributed by atoms with Crippen molar-refractivity contribution in [1.82, 2.24) is 15.2 Å². The summed E-state index contributed by atoms with van der Waals surface area (Å²) in [6.07, 6.45) is 0. The van der Waals surface area contributed by atoms with Gasteiger partial charge < -0.3 is 15.0 Å². The third kappa shape index (κ3) is 4.47. The van der Waals surface area contributed by atoms with Crippen LogP contribution in [0.3, 0.4) is 0 Å². The van der Waals surface area contributed by atoms with Gasteiger partial charge in [0.2, 0.25) is 0 Å². The van der Waals surface area contributed by atoms with Gasteiger partial charge in [0.15, 0.2) is 0 Å². The first kappa shape index (κ1) is 22.9. The fraction of sp³-hybridized carbons (Fsp3) is 0.273. The van der Waals surface area contributed by atoms with Crippen LogP contribution >= 0.6 is 24.8 Å². The Hall–Kier alpha value is -2.34. The van der Waals surface area contributed by atoms with Gasteiger partial charge in [-0.3, -0.25) is 9.78 Å². The average Bonchev–Trinajstić information content (AvgIpc) is 2.72. The zero-order valence-electron chi connectivity index (χ0n) is 16.4. The summed E-state index contributed by atoms with van der Waals surface area (Å²) in [5, 5.41) is 4.38. The summed E-state index contributed by atoms with van der Waals surface area (Å²) >= 11 is 0. The molecule has 1 fully saturated rings. The normalized spacial score (nSPS) is 15.9. The summed E-state index contributed by atoms with van der Waals surface area (Å²) in [6, 6.07) is 17.6. The number of para-hydroxylation sites is 2. The molecule has 4 rings (SSSR count). The highest BCUT2D eigenvalue weighted by Crippen LogP contribution is 2.32. The molecule has 0 radical (unpaired) electrons. The molecule has 3 aromatic rings. The van der Waals surface area contributed by atoms with Crippen LogP contribution in [0.2, 0.25) is 0 Å². The lowest BCUT2D eigenvalue weighted by molar-refractivity contribution is 0.0633. The number of rotatable bonds is 3. The molecule has 0 saturated carbocycles. The Labute approximate surface area is 183 Å². The van der Waals surface area contributed by atoms with Crippen molar-refractivity contribution in [3.8, 4) is 5.75 Å². The van der Waals surface area contributed by atoms with Crippen molar-refractivity contribution in [2.45, 2.75) is 13.0 Å². The van der Waals surface area contributed by atoms with Crippen LogP contribution in [0, 0.1) is 6.92 Å². The van der Waals surface area contributed by atoms with Crippen molar-refractivity contribution >= 4 is 41.6 Å². The lowest BCUT2D eigenvalue weighted by Crippen LogP contribution is -2.48. The Balaban J connectivity index is 0.00000150. The predicted molar refractivity (Wildman–Crippen MR) is 121 cm³/mol. The van der Waals surface area contributed by atoms with Gasteiger partial charge in [-0.15, -0.1) is 24.8 Å². The van der Waals surface area contributed by atoms with Crippen LogP contribution in [-0.4, -0.2) is 42.5 Å². The Morgan fingerprint density at radius 1 is 1.10 bits per heavy atom. The summed E-state index contributed by atoms with van der Waals surface area (Å²) < 4.78 is 5.54. The number of methoxy groups -OCH3 is 1. The molecular formula is C22H25Cl2N3O2. The van der Waals surface area contributed by atoms with Gasteiger partial charge in [0, 0.05) is 36.3 Å². The number of nitrogens with zero attached hydrogens (tertiary/aromatic N) is 2. The second kappa shape index (κ2) is 9.92. The molecule has 29 heavy (non-hydrogen) atoms. The van der Waals surface area contributed by atoms with Gasteiger partial charge >= 0.3 is 0 Å². The minimum atomic E-state index is -0.0811. The van der Waals surface area contributed by atoms with Gasteiger partial charge in [-0.1, -0.05) is 36.4 Å². The lowest BCUT2D eigenvalue weighted by Gasteiger charge is -2.37. The maximum Gasteiger partial charge on any atom is 0.256 e. The highest BCUT2D eigenvalue weighted by molar-refractivity contribution is 6.05. The zero-order chi connectivity index (χ0) is 18.8. The number of piperazine rings is 1. The number of amides is 1. The van der Waals surface area contributed by atoms with Gasteiger partial charge in [0.05, 0.1) is 24.2 Å². The van der Waals surface area contributed by atoms with E-state index in [0.717, 1.165) is 34.5 Å². The first-order valence-electron chi connectivity index (χ1n) is 9.20. The number of halogens is 2. The number of aryl methyl sites for hydroxylation is 1. The van der Waals surface area contributed by atoms with E-state index in [4.69, 9.17) is 4.74 Å². The molecule has 1 atom stereocenters. The molecule has 1 aliphatic heterocycles. The largest absolute Gasteiger partial charge is 0.496 e. The molecule has 0 spiro atoms. The summed E-state index contributed by atoms with van der Waals surface area (Å²) in [5.41, 5.74) is 3.34. The fourth-order valence-electron chi connectivity index (χ4n) is 3.74. The molecule has 7 heteroatoms. The molecular weight excluding hydrogens is 409 g/mol. The Bertz CT molecular complexity index is 997. The molecule has 2 aromatic carbocycles. The number of aromatic nitrogens is 1. The molecule has 5 nitrogen and oxygen atoms in total. The minimum Gasteiger partial charge on any atom is -0.496 e. The van der Waals surface area contributed by atoms with Crippen LogP contribution in [0.4, 0.5) is 0 Å². The average molecular weight is 434 g/mol. The van der Waals surface area contributed by atoms with Crippen LogP contribution in [0.1, 0.15) is 27.7 Å². The van der Waals surface area contributed by atoms with Crippen LogP contribution in [-0.2, 0) is 0 Å². The number of carbonyl (C=O) groups excluding carboxylic acids is 1. The first-order valence-corrected chi connectivity index (χ1v) is 9.20. The zero-order valence-corrected chi connectivity index (χ0v) is 18.1. The second-order valence-corrected chi connectivity index (χ2v) is 6.79. The number of hydrogen-bond acceptors (Lipinski definition) is 4. The third-order valence-corrected chi connectivity index (χ3v) is 5.09. The number of nitrogens with one attached hydrogen (secondary N) is 1. The van der Waals surface area contributed by atoms with Crippen molar-refractivity contribution < 1.29 is 9.53 Å². The molecule has 2 heterocycles. The molecule has 1 unspecified atom stereocenters. The number of ether oxygens (including phenoxy) is 1. The highest BCUT2D eigenvalue weighted by atomic mass is 35.5. The van der Waals surface area contributed by atoms with Crippen molar-refractivity contribution in [3.05, 3.63) is 71.4 Å². The van der Waals surface area contributed by atoms with Crippen molar-refractivity contribution in [3.63, 3.8) is 0 Å². The van der Waals surface area contributed by atoms with Crippen LogP contribution in [0.15, 0.2) is 54.6 Å². The van der Waals surface area contributed by atoms with E-state index in [0.29, 0.717) is 18.7 Å². The summed E-state index contributed by atoms with van der Waals surface area (Å²) in [6.45, 7) is 4.06. The second-order valence-electron chi connectivity index (χ2n) is 6.79. The van der Waals surface area contributed by atoms with Gasteiger partial charge in [-0.2, -0.15) is 0 Å². The molecule has 1 aliphatic rings. The molecule has 1 saturated heterocycles. The molecule has 0 bridgehead atoms. The smallest absolute Gasteiger partial charge is 0.256 e. The minimum absolute atomic E-state index is 0. The summed E-state index contributed by atoms with van der Waals surface area (Å²) in [5.74, 6) is 0.812. The molecule has 1 N–H and O–H groups in total. The standard InChI is InChI=1S/C22H23N3O2.2ClH/c1-15-10-11-16-6-5-8-18(21(16)24-15)22(26)25-13-12-23-14-19(25)17-7-3-4-9-20(17)27-2;;/h3-11,19,23H,12-14H2,1-2H3;2*1H. The number of fused-ring (bicyclic) bond motifs is 1. The molecule has 154 valence electrons. The quantitative estimate of drug-likeness (QED) is 0.672. The number of benzene rings is 2. The monoisotopic (exact) mass is 433 g/mol.